The summed E-state index contributed by atoms with van der Waals surface area (Å²) < 4.78 is 0. The highest BCUT2D eigenvalue weighted by Crippen LogP contribution is 2.22. The minimum Gasteiger partial charge on any atom is -0.372 e. The van der Waals surface area contributed by atoms with Crippen LogP contribution in [0.15, 0.2) is 54.6 Å². The van der Waals surface area contributed by atoms with Gasteiger partial charge in [0.1, 0.15) is 0 Å². The Balaban J connectivity index is 1.32. The van der Waals surface area contributed by atoms with E-state index in [1.54, 1.807) is 0 Å². The highest BCUT2D eigenvalue weighted by molar-refractivity contribution is 5.89. The van der Waals surface area contributed by atoms with Crippen molar-refractivity contribution in [2.24, 2.45) is 0 Å². The molecule has 0 aromatic heterocycles. The molecule has 1 unspecified atom stereocenters. The van der Waals surface area contributed by atoms with E-state index >= 15 is 0 Å². The van der Waals surface area contributed by atoms with Crippen molar-refractivity contribution in [2.75, 3.05) is 42.9 Å². The van der Waals surface area contributed by atoms with Gasteiger partial charge in [0.2, 0.25) is 0 Å². The SMILES string of the molecule is CC1CN(Cc2ccccc2)CCCN1C(=O)Nc1ccc(N2CCCCC2)cc1. The maximum Gasteiger partial charge on any atom is 0.322 e. The van der Waals surface area contributed by atoms with E-state index in [-0.39, 0.29) is 12.1 Å². The summed E-state index contributed by atoms with van der Waals surface area (Å²) in [4.78, 5) is 19.9. The first-order valence-electron chi connectivity index (χ1n) is 11.4. The number of nitrogens with one attached hydrogen (secondary N) is 1. The second-order valence-electron chi connectivity index (χ2n) is 8.64. The molecule has 2 heterocycles. The van der Waals surface area contributed by atoms with Gasteiger partial charge >= 0.3 is 6.03 Å². The van der Waals surface area contributed by atoms with E-state index in [0.717, 1.165) is 51.4 Å². The van der Waals surface area contributed by atoms with Gasteiger partial charge in [0.05, 0.1) is 0 Å². The van der Waals surface area contributed by atoms with Crippen LogP contribution >= 0.6 is 0 Å². The van der Waals surface area contributed by atoms with Crippen molar-refractivity contribution < 1.29 is 4.79 Å². The molecule has 2 fully saturated rings. The van der Waals surface area contributed by atoms with Gasteiger partial charge in [-0.05, 0) is 62.4 Å². The van der Waals surface area contributed by atoms with Crippen molar-refractivity contribution in [2.45, 2.75) is 45.2 Å². The zero-order chi connectivity index (χ0) is 20.8. The Hall–Kier alpha value is -2.53. The molecule has 4 rings (SSSR count). The van der Waals surface area contributed by atoms with Crippen LogP contribution in [-0.2, 0) is 6.54 Å². The summed E-state index contributed by atoms with van der Waals surface area (Å²) >= 11 is 0. The molecule has 5 nitrogen and oxygen atoms in total. The molecule has 160 valence electrons. The quantitative estimate of drug-likeness (QED) is 0.792. The Labute approximate surface area is 180 Å². The van der Waals surface area contributed by atoms with Gasteiger partial charge in [0, 0.05) is 56.7 Å². The molecular weight excluding hydrogens is 372 g/mol. The molecule has 0 saturated carbocycles. The van der Waals surface area contributed by atoms with Crippen LogP contribution in [0.5, 0.6) is 0 Å². The Kier molecular flexibility index (Phi) is 6.90. The van der Waals surface area contributed by atoms with Crippen LogP contribution in [0.4, 0.5) is 16.2 Å². The Morgan fingerprint density at radius 1 is 0.900 bits per heavy atom. The zero-order valence-electron chi connectivity index (χ0n) is 18.1. The van der Waals surface area contributed by atoms with Crippen LogP contribution in [0.25, 0.3) is 0 Å². The van der Waals surface area contributed by atoms with Crippen molar-refractivity contribution in [3.05, 3.63) is 60.2 Å². The van der Waals surface area contributed by atoms with Crippen LogP contribution in [0, 0.1) is 0 Å². The molecule has 2 aliphatic heterocycles. The summed E-state index contributed by atoms with van der Waals surface area (Å²) in [6.45, 7) is 8.09. The fourth-order valence-corrected chi connectivity index (χ4v) is 4.64. The first-order valence-corrected chi connectivity index (χ1v) is 11.4. The molecular formula is C25H34N4O. The second-order valence-corrected chi connectivity index (χ2v) is 8.64. The summed E-state index contributed by atoms with van der Waals surface area (Å²) in [6, 6.07) is 19.1. The number of hydrogen-bond donors (Lipinski definition) is 1. The number of nitrogens with zero attached hydrogens (tertiary/aromatic N) is 3. The molecule has 0 spiro atoms. The van der Waals surface area contributed by atoms with Crippen molar-refractivity contribution in [3.8, 4) is 0 Å². The molecule has 0 bridgehead atoms. The smallest absolute Gasteiger partial charge is 0.322 e. The van der Waals surface area contributed by atoms with Gasteiger partial charge in [-0.3, -0.25) is 4.90 Å². The number of urea groups is 1. The maximum absolute atomic E-state index is 13.0. The van der Waals surface area contributed by atoms with Crippen molar-refractivity contribution in [3.63, 3.8) is 0 Å². The van der Waals surface area contributed by atoms with Gasteiger partial charge in [-0.25, -0.2) is 4.79 Å². The van der Waals surface area contributed by atoms with E-state index in [1.165, 1.54) is 30.5 Å². The molecule has 2 aliphatic rings. The van der Waals surface area contributed by atoms with Gasteiger partial charge in [-0.15, -0.1) is 0 Å². The standard InChI is InChI=1S/C25H34N4O/c1-21-19-27(20-22-9-4-2-5-10-22)15-8-18-29(21)25(30)26-23-11-13-24(14-12-23)28-16-6-3-7-17-28/h2,4-5,9-14,21H,3,6-8,15-20H2,1H3,(H,26,30). The minimum absolute atomic E-state index is 0.00906. The van der Waals surface area contributed by atoms with E-state index < -0.39 is 0 Å². The van der Waals surface area contributed by atoms with Crippen molar-refractivity contribution in [1.82, 2.24) is 9.80 Å². The number of anilines is 2. The molecule has 1 atom stereocenters. The predicted molar refractivity (Wildman–Crippen MR) is 124 cm³/mol. The number of amides is 2. The van der Waals surface area contributed by atoms with Gasteiger partial charge in [-0.1, -0.05) is 30.3 Å². The summed E-state index contributed by atoms with van der Waals surface area (Å²) in [5.41, 5.74) is 3.46. The summed E-state index contributed by atoms with van der Waals surface area (Å²) in [7, 11) is 0. The number of benzene rings is 2. The molecule has 2 amide bonds. The molecule has 2 saturated heterocycles. The maximum atomic E-state index is 13.0. The first kappa shape index (κ1) is 20.7. The predicted octanol–water partition coefficient (Wildman–Crippen LogP) is 4.81. The lowest BCUT2D eigenvalue weighted by Crippen LogP contribution is -2.44. The molecule has 0 radical (unpaired) electrons. The fourth-order valence-electron chi connectivity index (χ4n) is 4.64. The average Bonchev–Trinajstić information content (AvgIpc) is 2.96. The van der Waals surface area contributed by atoms with Crippen molar-refractivity contribution in [1.29, 1.82) is 0 Å². The van der Waals surface area contributed by atoms with Gasteiger partial charge in [0.15, 0.2) is 0 Å². The Morgan fingerprint density at radius 3 is 2.37 bits per heavy atom. The molecule has 0 aliphatic carbocycles. The molecule has 30 heavy (non-hydrogen) atoms. The molecule has 2 aromatic rings. The van der Waals surface area contributed by atoms with E-state index in [1.807, 2.05) is 17.0 Å². The largest absolute Gasteiger partial charge is 0.372 e. The van der Waals surface area contributed by atoms with Crippen LogP contribution < -0.4 is 10.2 Å². The average molecular weight is 407 g/mol. The van der Waals surface area contributed by atoms with E-state index in [0.29, 0.717) is 0 Å². The zero-order valence-corrected chi connectivity index (χ0v) is 18.1. The highest BCUT2D eigenvalue weighted by atomic mass is 16.2. The van der Waals surface area contributed by atoms with Crippen LogP contribution in [-0.4, -0.2) is 54.6 Å². The monoisotopic (exact) mass is 406 g/mol. The highest BCUT2D eigenvalue weighted by Gasteiger charge is 2.25. The molecule has 1 N–H and O–H groups in total. The lowest BCUT2D eigenvalue weighted by Gasteiger charge is -2.30. The fraction of sp³-hybridized carbons (Fsp3) is 0.480. The number of rotatable bonds is 4. The number of carbonyl (C=O) groups excluding carboxylic acids is 1. The Morgan fingerprint density at radius 2 is 1.63 bits per heavy atom. The summed E-state index contributed by atoms with van der Waals surface area (Å²) in [5.74, 6) is 0. The number of hydrogen-bond acceptors (Lipinski definition) is 3. The normalized spacial score (nSPS) is 20.6. The van der Waals surface area contributed by atoms with Crippen LogP contribution in [0.3, 0.4) is 0 Å². The minimum atomic E-state index is 0.00906. The van der Waals surface area contributed by atoms with Gasteiger partial charge in [0.25, 0.3) is 0 Å². The molecule has 2 aromatic carbocycles. The lowest BCUT2D eigenvalue weighted by atomic mass is 10.1. The molecule has 5 heteroatoms. The number of carbonyl (C=O) groups is 1. The third kappa shape index (κ3) is 5.33. The third-order valence-corrected chi connectivity index (χ3v) is 6.28. The summed E-state index contributed by atoms with van der Waals surface area (Å²) in [6.07, 6.45) is 4.87. The third-order valence-electron chi connectivity index (χ3n) is 6.28. The van der Waals surface area contributed by atoms with Gasteiger partial charge in [-0.2, -0.15) is 0 Å². The first-order chi connectivity index (χ1) is 14.7. The Bertz CT molecular complexity index is 802. The van der Waals surface area contributed by atoms with E-state index in [2.05, 4.69) is 64.5 Å². The summed E-state index contributed by atoms with van der Waals surface area (Å²) in [5, 5.41) is 3.11. The van der Waals surface area contributed by atoms with Gasteiger partial charge < -0.3 is 15.1 Å². The lowest BCUT2D eigenvalue weighted by molar-refractivity contribution is 0.184. The topological polar surface area (TPSA) is 38.8 Å². The number of piperidine rings is 1. The second kappa shape index (κ2) is 9.98. The van der Waals surface area contributed by atoms with Crippen molar-refractivity contribution >= 4 is 17.4 Å². The van der Waals surface area contributed by atoms with E-state index in [9.17, 15) is 4.79 Å². The van der Waals surface area contributed by atoms with Crippen LogP contribution in [0.2, 0.25) is 0 Å². The van der Waals surface area contributed by atoms with Crippen LogP contribution in [0.1, 0.15) is 38.2 Å². The van der Waals surface area contributed by atoms with E-state index in [4.69, 9.17) is 0 Å².